The molecular formula is C11H9O5S-. The molecule has 0 radical (unpaired) electrons. The molecule has 1 heterocycles. The Labute approximate surface area is 99.7 Å². The molecule has 0 N–H and O–H groups in total. The zero-order valence-electron chi connectivity index (χ0n) is 9.18. The van der Waals surface area contributed by atoms with Gasteiger partial charge in [-0.3, -0.25) is 9.00 Å². The van der Waals surface area contributed by atoms with E-state index < -0.39 is 11.1 Å². The molecule has 6 heteroatoms. The van der Waals surface area contributed by atoms with Crippen LogP contribution in [0.3, 0.4) is 0 Å². The van der Waals surface area contributed by atoms with E-state index in [0.717, 1.165) is 0 Å². The number of fused-ring (bicyclic) bond motifs is 1. The van der Waals surface area contributed by atoms with E-state index >= 15 is 0 Å². The molecule has 1 aromatic heterocycles. The minimum absolute atomic E-state index is 0.0806. The van der Waals surface area contributed by atoms with Crippen LogP contribution in [0.25, 0.3) is 11.0 Å². The molecule has 1 atom stereocenters. The number of furan rings is 1. The quantitative estimate of drug-likeness (QED) is 0.616. The molecule has 5 nitrogen and oxygen atoms in total. The maximum absolute atomic E-state index is 11.2. The largest absolute Gasteiger partial charge is 0.768 e. The lowest BCUT2D eigenvalue weighted by Crippen LogP contribution is -1.91. The SMILES string of the molecule is COc1ccc(S(=O)[O-])c2cc(C(C)=O)oc12. The highest BCUT2D eigenvalue weighted by atomic mass is 32.2. The molecule has 0 aliphatic rings. The van der Waals surface area contributed by atoms with Crippen molar-refractivity contribution in [2.75, 3.05) is 7.11 Å². The van der Waals surface area contributed by atoms with Gasteiger partial charge in [-0.15, -0.1) is 0 Å². The smallest absolute Gasteiger partial charge is 0.194 e. The van der Waals surface area contributed by atoms with E-state index in [2.05, 4.69) is 0 Å². The van der Waals surface area contributed by atoms with Crippen molar-refractivity contribution in [2.45, 2.75) is 11.8 Å². The summed E-state index contributed by atoms with van der Waals surface area (Å²) >= 11 is -2.39. The number of methoxy groups -OCH3 is 1. The summed E-state index contributed by atoms with van der Waals surface area (Å²) in [6, 6.07) is 4.30. The number of ketones is 1. The lowest BCUT2D eigenvalue weighted by atomic mass is 10.2. The number of carbonyl (C=O) groups excluding carboxylic acids is 1. The van der Waals surface area contributed by atoms with Gasteiger partial charge in [0.2, 0.25) is 0 Å². The van der Waals surface area contributed by atoms with E-state index in [1.54, 1.807) is 0 Å². The Hall–Kier alpha value is -1.66. The molecule has 1 aromatic carbocycles. The molecule has 0 amide bonds. The zero-order valence-corrected chi connectivity index (χ0v) is 10.00. The first kappa shape index (κ1) is 11.8. The average Bonchev–Trinajstić information content (AvgIpc) is 2.71. The fourth-order valence-corrected chi connectivity index (χ4v) is 2.06. The van der Waals surface area contributed by atoms with Gasteiger partial charge in [-0.05, 0) is 29.3 Å². The summed E-state index contributed by atoms with van der Waals surface area (Å²) in [4.78, 5) is 11.3. The highest BCUT2D eigenvalue weighted by molar-refractivity contribution is 7.79. The van der Waals surface area contributed by atoms with Crippen molar-refractivity contribution in [2.24, 2.45) is 0 Å². The minimum Gasteiger partial charge on any atom is -0.768 e. The molecule has 0 aliphatic heterocycles. The molecule has 2 rings (SSSR count). The number of rotatable bonds is 3. The first-order chi connectivity index (χ1) is 8.04. The number of hydrogen-bond donors (Lipinski definition) is 0. The van der Waals surface area contributed by atoms with Gasteiger partial charge >= 0.3 is 0 Å². The van der Waals surface area contributed by atoms with Gasteiger partial charge in [-0.25, -0.2) is 0 Å². The highest BCUT2D eigenvalue weighted by Crippen LogP contribution is 2.32. The summed E-state index contributed by atoms with van der Waals surface area (Å²) < 4.78 is 32.4. The van der Waals surface area contributed by atoms with Crippen molar-refractivity contribution >= 4 is 27.8 Å². The van der Waals surface area contributed by atoms with E-state index in [0.29, 0.717) is 11.1 Å². The van der Waals surface area contributed by atoms with Crippen molar-refractivity contribution in [3.63, 3.8) is 0 Å². The first-order valence-electron chi connectivity index (χ1n) is 4.75. The Bertz CT molecular complexity index is 614. The van der Waals surface area contributed by atoms with Crippen LogP contribution in [0.4, 0.5) is 0 Å². The van der Waals surface area contributed by atoms with Crippen LogP contribution >= 0.6 is 0 Å². The fraction of sp³-hybridized carbons (Fsp3) is 0.182. The number of hydrogen-bond acceptors (Lipinski definition) is 5. The van der Waals surface area contributed by atoms with Crippen LogP contribution in [0.2, 0.25) is 0 Å². The van der Waals surface area contributed by atoms with Crippen LogP contribution in [0.15, 0.2) is 27.5 Å². The summed E-state index contributed by atoms with van der Waals surface area (Å²) in [6.07, 6.45) is 0. The lowest BCUT2D eigenvalue weighted by Gasteiger charge is -2.07. The molecule has 1 unspecified atom stereocenters. The van der Waals surface area contributed by atoms with E-state index in [-0.39, 0.29) is 22.0 Å². The number of carbonyl (C=O) groups is 1. The Morgan fingerprint density at radius 2 is 2.18 bits per heavy atom. The predicted molar refractivity (Wildman–Crippen MR) is 60.0 cm³/mol. The van der Waals surface area contributed by atoms with Crippen molar-refractivity contribution in [1.29, 1.82) is 0 Å². The Balaban J connectivity index is 2.81. The molecule has 0 fully saturated rings. The highest BCUT2D eigenvalue weighted by Gasteiger charge is 2.15. The molecule has 0 saturated heterocycles. The molecule has 90 valence electrons. The number of ether oxygens (including phenoxy) is 1. The summed E-state index contributed by atoms with van der Waals surface area (Å²) in [6.45, 7) is 1.35. The predicted octanol–water partition coefficient (Wildman–Crippen LogP) is 1.88. The summed E-state index contributed by atoms with van der Waals surface area (Å²) in [5.74, 6) is 0.226. The lowest BCUT2D eigenvalue weighted by molar-refractivity contribution is 0.0989. The summed E-state index contributed by atoms with van der Waals surface area (Å²) in [5.41, 5.74) is 0.263. The zero-order chi connectivity index (χ0) is 12.6. The molecule has 0 aliphatic carbocycles. The van der Waals surface area contributed by atoms with Crippen LogP contribution in [-0.2, 0) is 11.1 Å². The van der Waals surface area contributed by atoms with Crippen LogP contribution in [0.5, 0.6) is 5.75 Å². The topological polar surface area (TPSA) is 79.6 Å². The average molecular weight is 253 g/mol. The number of benzene rings is 1. The van der Waals surface area contributed by atoms with Gasteiger partial charge in [0.15, 0.2) is 22.9 Å². The van der Waals surface area contributed by atoms with Gasteiger partial charge in [0, 0.05) is 17.2 Å². The molecular weight excluding hydrogens is 244 g/mol. The Morgan fingerprint density at radius 1 is 1.47 bits per heavy atom. The van der Waals surface area contributed by atoms with Crippen LogP contribution in [0, 0.1) is 0 Å². The number of Topliss-reactive ketones (excluding diaryl/α,β-unsaturated/α-hetero) is 1. The van der Waals surface area contributed by atoms with E-state index in [4.69, 9.17) is 9.15 Å². The van der Waals surface area contributed by atoms with Crippen LogP contribution in [-0.4, -0.2) is 21.7 Å². The molecule has 17 heavy (non-hydrogen) atoms. The molecule has 0 saturated carbocycles. The van der Waals surface area contributed by atoms with E-state index in [1.807, 2.05) is 0 Å². The van der Waals surface area contributed by atoms with Crippen molar-refractivity contribution < 1.29 is 22.7 Å². The third kappa shape index (κ3) is 1.96. The van der Waals surface area contributed by atoms with E-state index in [9.17, 15) is 13.6 Å². The summed E-state index contributed by atoms with van der Waals surface area (Å²) in [7, 11) is 1.44. The van der Waals surface area contributed by atoms with Gasteiger partial charge in [0.1, 0.15) is 0 Å². The maximum atomic E-state index is 11.2. The molecule has 0 bridgehead atoms. The Kier molecular flexibility index (Phi) is 2.99. The van der Waals surface area contributed by atoms with Crippen molar-refractivity contribution in [3.8, 4) is 5.75 Å². The van der Waals surface area contributed by atoms with Gasteiger partial charge in [0.25, 0.3) is 0 Å². The van der Waals surface area contributed by atoms with Gasteiger partial charge in [-0.1, -0.05) is 0 Å². The normalized spacial score (nSPS) is 12.6. The second kappa shape index (κ2) is 4.31. The van der Waals surface area contributed by atoms with Gasteiger partial charge in [0.05, 0.1) is 7.11 Å². The first-order valence-corrected chi connectivity index (χ1v) is 5.83. The van der Waals surface area contributed by atoms with Crippen LogP contribution < -0.4 is 4.74 Å². The second-order valence-electron chi connectivity index (χ2n) is 3.41. The maximum Gasteiger partial charge on any atom is 0.194 e. The monoisotopic (exact) mass is 253 g/mol. The minimum atomic E-state index is -2.39. The Morgan fingerprint density at radius 3 is 2.71 bits per heavy atom. The van der Waals surface area contributed by atoms with E-state index in [1.165, 1.54) is 32.2 Å². The van der Waals surface area contributed by atoms with Crippen molar-refractivity contribution in [1.82, 2.24) is 0 Å². The van der Waals surface area contributed by atoms with Crippen molar-refractivity contribution in [3.05, 3.63) is 24.0 Å². The van der Waals surface area contributed by atoms with Gasteiger partial charge in [-0.2, -0.15) is 0 Å². The second-order valence-corrected chi connectivity index (χ2v) is 4.32. The standard InChI is InChI=1S/C11H10O5S/c1-6(12)9-5-7-10(17(13)14)4-3-8(15-2)11(7)16-9/h3-5H,1-2H3,(H,13,14)/p-1. The molecule has 2 aromatic rings. The molecule has 0 spiro atoms. The third-order valence-corrected chi connectivity index (χ3v) is 3.07. The summed E-state index contributed by atoms with van der Waals surface area (Å²) in [5, 5.41) is 0.350. The van der Waals surface area contributed by atoms with Crippen LogP contribution in [0.1, 0.15) is 17.5 Å². The van der Waals surface area contributed by atoms with Gasteiger partial charge < -0.3 is 13.7 Å². The fourth-order valence-electron chi connectivity index (χ4n) is 1.55. The third-order valence-electron chi connectivity index (χ3n) is 2.35.